The van der Waals surface area contributed by atoms with Crippen molar-refractivity contribution in [2.45, 2.75) is 84.7 Å². The molecule has 0 aromatic heterocycles. The van der Waals surface area contributed by atoms with E-state index < -0.39 is 10.4 Å². The molecule has 6 heteroatoms. The van der Waals surface area contributed by atoms with Crippen molar-refractivity contribution in [3.8, 4) is 0 Å². The number of ketones is 1. The lowest BCUT2D eigenvalue weighted by molar-refractivity contribution is -0.137. The van der Waals surface area contributed by atoms with E-state index in [0.29, 0.717) is 35.9 Å². The summed E-state index contributed by atoms with van der Waals surface area (Å²) in [6.45, 7) is 6.57. The zero-order valence-electron chi connectivity index (χ0n) is 16.8. The van der Waals surface area contributed by atoms with Crippen LogP contribution >= 0.6 is 0 Å². The molecule has 5 nitrogen and oxygen atoms in total. The third kappa shape index (κ3) is 3.20. The third-order valence-electron chi connectivity index (χ3n) is 9.37. The van der Waals surface area contributed by atoms with Gasteiger partial charge in [-0.15, -0.1) is 0 Å². The van der Waals surface area contributed by atoms with Crippen molar-refractivity contribution >= 4 is 16.2 Å². The molecule has 0 unspecified atom stereocenters. The molecule has 0 aromatic rings. The van der Waals surface area contributed by atoms with Gasteiger partial charge < -0.3 is 0 Å². The Morgan fingerprint density at radius 3 is 2.30 bits per heavy atom. The molecule has 0 aromatic carbocycles. The first kappa shape index (κ1) is 19.8. The summed E-state index contributed by atoms with van der Waals surface area (Å²) < 4.78 is 36.2. The van der Waals surface area contributed by atoms with Crippen LogP contribution in [0.3, 0.4) is 0 Å². The summed E-state index contributed by atoms with van der Waals surface area (Å²) in [4.78, 5) is 12.2. The Morgan fingerprint density at radius 1 is 0.963 bits per heavy atom. The van der Waals surface area contributed by atoms with Gasteiger partial charge in [0.05, 0.1) is 6.10 Å². The maximum Gasteiger partial charge on any atom is 0.397 e. The highest BCUT2D eigenvalue weighted by molar-refractivity contribution is 7.80. The highest BCUT2D eigenvalue weighted by atomic mass is 32.3. The van der Waals surface area contributed by atoms with E-state index in [9.17, 15) is 13.2 Å². The lowest BCUT2D eigenvalue weighted by atomic mass is 9.44. The minimum atomic E-state index is -4.37. The van der Waals surface area contributed by atoms with Crippen molar-refractivity contribution < 1.29 is 21.9 Å². The Bertz CT molecular complexity index is 718. The number of fused-ring (bicyclic) bond motifs is 5. The van der Waals surface area contributed by atoms with E-state index in [2.05, 4.69) is 13.8 Å². The molecule has 0 spiro atoms. The van der Waals surface area contributed by atoms with Crippen molar-refractivity contribution in [1.29, 1.82) is 0 Å². The fraction of sp³-hybridized carbons (Fsp3) is 0.952. The van der Waals surface area contributed by atoms with Crippen LogP contribution in [0.25, 0.3) is 0 Å². The highest BCUT2D eigenvalue weighted by Crippen LogP contribution is 2.67. The van der Waals surface area contributed by atoms with Crippen LogP contribution < -0.4 is 0 Å². The summed E-state index contributed by atoms with van der Waals surface area (Å²) in [6.07, 6.45) is 8.92. The van der Waals surface area contributed by atoms with Crippen LogP contribution in [0.15, 0.2) is 0 Å². The van der Waals surface area contributed by atoms with Crippen molar-refractivity contribution in [3.63, 3.8) is 0 Å². The summed E-state index contributed by atoms with van der Waals surface area (Å²) in [5.74, 6) is 3.12. The standard InChI is InChI=1S/C21H34O5S/c1-13(22)17-6-7-18-16-5-4-14-12-15(26-27(23,24)25)8-10-20(14,2)19(16)9-11-21(17,18)3/h14-19H,4-12H2,1-3H3,(H,23,24,25)/t14-,15-,16+,17-,18+,19+,20-,21+/m1/s1. The Labute approximate surface area is 163 Å². The van der Waals surface area contributed by atoms with Crippen LogP contribution in [0.1, 0.15) is 78.6 Å². The van der Waals surface area contributed by atoms with Gasteiger partial charge in [-0.05, 0) is 99.2 Å². The third-order valence-corrected chi connectivity index (χ3v) is 9.88. The maximum atomic E-state index is 12.2. The van der Waals surface area contributed by atoms with Crippen LogP contribution in [0.5, 0.6) is 0 Å². The molecule has 154 valence electrons. The largest absolute Gasteiger partial charge is 0.397 e. The molecule has 0 aliphatic heterocycles. The van der Waals surface area contributed by atoms with E-state index in [1.54, 1.807) is 6.92 Å². The van der Waals surface area contributed by atoms with E-state index >= 15 is 0 Å². The molecule has 4 aliphatic carbocycles. The van der Waals surface area contributed by atoms with Crippen LogP contribution in [0, 0.1) is 40.4 Å². The molecule has 0 amide bonds. The average Bonchev–Trinajstić information content (AvgIpc) is 2.91. The van der Waals surface area contributed by atoms with Crippen molar-refractivity contribution in [2.75, 3.05) is 0 Å². The summed E-state index contributed by atoms with van der Waals surface area (Å²) in [7, 11) is -4.37. The van der Waals surface area contributed by atoms with Gasteiger partial charge in [0.2, 0.25) is 0 Å². The molecule has 4 rings (SSSR count). The fourth-order valence-electron chi connectivity index (χ4n) is 8.15. The number of rotatable bonds is 3. The number of Topliss-reactive ketones (excluding diaryl/α,β-unsaturated/α-hetero) is 1. The van der Waals surface area contributed by atoms with Gasteiger partial charge >= 0.3 is 10.4 Å². The maximum absolute atomic E-state index is 12.2. The first-order valence-electron chi connectivity index (χ1n) is 10.7. The molecular formula is C21H34O5S. The molecular weight excluding hydrogens is 364 g/mol. The Hall–Kier alpha value is -0.460. The molecule has 4 saturated carbocycles. The molecule has 0 bridgehead atoms. The molecule has 0 heterocycles. The predicted octanol–water partition coefficient (Wildman–Crippen LogP) is 4.42. The number of hydrogen-bond donors (Lipinski definition) is 1. The Kier molecular flexibility index (Phi) is 4.80. The normalized spacial score (nSPS) is 49.8. The van der Waals surface area contributed by atoms with Crippen LogP contribution in [-0.2, 0) is 19.4 Å². The van der Waals surface area contributed by atoms with Gasteiger partial charge in [-0.25, -0.2) is 4.18 Å². The average molecular weight is 399 g/mol. The van der Waals surface area contributed by atoms with Gasteiger partial charge in [-0.2, -0.15) is 8.42 Å². The monoisotopic (exact) mass is 398 g/mol. The minimum Gasteiger partial charge on any atom is -0.300 e. The Balaban J connectivity index is 1.53. The van der Waals surface area contributed by atoms with Gasteiger partial charge in [0.15, 0.2) is 0 Å². The quantitative estimate of drug-likeness (QED) is 0.712. The molecule has 0 saturated heterocycles. The molecule has 27 heavy (non-hydrogen) atoms. The van der Waals surface area contributed by atoms with Crippen molar-refractivity contribution in [2.24, 2.45) is 40.4 Å². The first-order chi connectivity index (χ1) is 12.5. The van der Waals surface area contributed by atoms with Crippen LogP contribution in [-0.4, -0.2) is 24.9 Å². The second-order valence-electron chi connectivity index (χ2n) is 10.4. The van der Waals surface area contributed by atoms with E-state index in [0.717, 1.165) is 32.1 Å². The molecule has 0 radical (unpaired) electrons. The smallest absolute Gasteiger partial charge is 0.300 e. The minimum absolute atomic E-state index is 0.182. The van der Waals surface area contributed by atoms with Crippen LogP contribution in [0.2, 0.25) is 0 Å². The summed E-state index contributed by atoms with van der Waals surface area (Å²) in [5.41, 5.74) is 0.416. The van der Waals surface area contributed by atoms with E-state index in [1.807, 2.05) is 0 Å². The fourth-order valence-corrected chi connectivity index (χ4v) is 8.66. The number of carbonyl (C=O) groups excluding carboxylic acids is 1. The van der Waals surface area contributed by atoms with Gasteiger partial charge in [0, 0.05) is 5.92 Å². The predicted molar refractivity (Wildman–Crippen MR) is 102 cm³/mol. The lowest BCUT2D eigenvalue weighted by Gasteiger charge is -2.61. The van der Waals surface area contributed by atoms with E-state index in [1.165, 1.54) is 19.3 Å². The summed E-state index contributed by atoms with van der Waals surface area (Å²) in [5, 5.41) is 0. The number of carbonyl (C=O) groups is 1. The highest BCUT2D eigenvalue weighted by Gasteiger charge is 2.60. The van der Waals surface area contributed by atoms with Gasteiger partial charge in [-0.1, -0.05) is 13.8 Å². The SMILES string of the molecule is CC(=O)[C@H]1CC[C@H]2[C@@H]3CC[C@@H]4C[C@H](OS(=O)(=O)O)CC[C@@]4(C)[C@H]3CC[C@@]12C. The molecule has 8 atom stereocenters. The second kappa shape index (κ2) is 6.53. The second-order valence-corrected chi connectivity index (χ2v) is 11.4. The first-order valence-corrected chi connectivity index (χ1v) is 12.1. The molecule has 4 aliphatic rings. The van der Waals surface area contributed by atoms with Crippen LogP contribution in [0.4, 0.5) is 0 Å². The van der Waals surface area contributed by atoms with E-state index in [4.69, 9.17) is 8.74 Å². The van der Waals surface area contributed by atoms with Gasteiger partial charge in [0.1, 0.15) is 5.78 Å². The van der Waals surface area contributed by atoms with Crippen molar-refractivity contribution in [3.05, 3.63) is 0 Å². The van der Waals surface area contributed by atoms with E-state index in [-0.39, 0.29) is 22.9 Å². The zero-order chi connectivity index (χ0) is 19.6. The van der Waals surface area contributed by atoms with Gasteiger partial charge in [0.25, 0.3) is 0 Å². The Morgan fingerprint density at radius 2 is 1.63 bits per heavy atom. The van der Waals surface area contributed by atoms with Crippen molar-refractivity contribution in [1.82, 2.24) is 0 Å². The summed E-state index contributed by atoms with van der Waals surface area (Å²) in [6, 6.07) is 0. The zero-order valence-corrected chi connectivity index (χ0v) is 17.6. The lowest BCUT2D eigenvalue weighted by Crippen LogP contribution is -2.54. The number of hydrogen-bond acceptors (Lipinski definition) is 4. The van der Waals surface area contributed by atoms with Gasteiger partial charge in [-0.3, -0.25) is 9.35 Å². The molecule has 4 fully saturated rings. The summed E-state index contributed by atoms with van der Waals surface area (Å²) >= 11 is 0. The topological polar surface area (TPSA) is 80.7 Å². The molecule has 1 N–H and O–H groups in total.